The van der Waals surface area contributed by atoms with Gasteiger partial charge in [0.2, 0.25) is 5.91 Å². The summed E-state index contributed by atoms with van der Waals surface area (Å²) < 4.78 is 40.1. The molecule has 0 fully saturated rings. The third kappa shape index (κ3) is 4.13. The van der Waals surface area contributed by atoms with Crippen molar-refractivity contribution in [2.24, 2.45) is 0 Å². The van der Waals surface area contributed by atoms with Gasteiger partial charge in [-0.3, -0.25) is 4.79 Å². The SMILES string of the molecule is CN(C)C/C=C/C(=O)NCCc1c[nH]c2c(F)c(F)c(F)cc12. The van der Waals surface area contributed by atoms with Crippen molar-refractivity contribution in [2.45, 2.75) is 6.42 Å². The molecule has 0 atom stereocenters. The number of aromatic nitrogens is 1. The van der Waals surface area contributed by atoms with E-state index in [1.165, 1.54) is 12.3 Å². The van der Waals surface area contributed by atoms with Crippen molar-refractivity contribution >= 4 is 16.8 Å². The minimum atomic E-state index is -1.50. The molecule has 2 rings (SSSR count). The van der Waals surface area contributed by atoms with Gasteiger partial charge in [-0.15, -0.1) is 0 Å². The molecule has 0 bridgehead atoms. The second-order valence-electron chi connectivity index (χ2n) is 5.43. The van der Waals surface area contributed by atoms with E-state index in [0.29, 0.717) is 25.1 Å². The zero-order chi connectivity index (χ0) is 17.0. The summed E-state index contributed by atoms with van der Waals surface area (Å²) in [7, 11) is 3.78. The van der Waals surface area contributed by atoms with Gasteiger partial charge in [0.25, 0.3) is 0 Å². The van der Waals surface area contributed by atoms with Crippen LogP contribution in [0, 0.1) is 17.5 Å². The molecule has 4 nitrogen and oxygen atoms in total. The smallest absolute Gasteiger partial charge is 0.243 e. The zero-order valence-corrected chi connectivity index (χ0v) is 12.9. The maximum atomic E-state index is 13.6. The maximum absolute atomic E-state index is 13.6. The van der Waals surface area contributed by atoms with Crippen molar-refractivity contribution in [1.82, 2.24) is 15.2 Å². The third-order valence-corrected chi connectivity index (χ3v) is 3.33. The van der Waals surface area contributed by atoms with Gasteiger partial charge >= 0.3 is 0 Å². The molecule has 0 aliphatic carbocycles. The third-order valence-electron chi connectivity index (χ3n) is 3.33. The Morgan fingerprint density at radius 3 is 2.74 bits per heavy atom. The van der Waals surface area contributed by atoms with Gasteiger partial charge in [-0.2, -0.15) is 0 Å². The van der Waals surface area contributed by atoms with Crippen LogP contribution in [0.4, 0.5) is 13.2 Å². The Morgan fingerprint density at radius 2 is 2.04 bits per heavy atom. The highest BCUT2D eigenvalue weighted by atomic mass is 19.2. The van der Waals surface area contributed by atoms with Gasteiger partial charge in [0.05, 0.1) is 5.52 Å². The highest BCUT2D eigenvalue weighted by Crippen LogP contribution is 2.25. The molecule has 0 saturated carbocycles. The number of halogens is 3. The van der Waals surface area contributed by atoms with E-state index in [0.717, 1.165) is 6.07 Å². The van der Waals surface area contributed by atoms with Crippen molar-refractivity contribution < 1.29 is 18.0 Å². The Balaban J connectivity index is 1.98. The lowest BCUT2D eigenvalue weighted by molar-refractivity contribution is -0.116. The van der Waals surface area contributed by atoms with Crippen LogP contribution in [0.5, 0.6) is 0 Å². The number of aromatic amines is 1. The average Bonchev–Trinajstić information content (AvgIpc) is 2.88. The second kappa shape index (κ2) is 7.32. The zero-order valence-electron chi connectivity index (χ0n) is 12.9. The maximum Gasteiger partial charge on any atom is 0.243 e. The molecule has 1 aromatic heterocycles. The Morgan fingerprint density at radius 1 is 1.30 bits per heavy atom. The van der Waals surface area contributed by atoms with Gasteiger partial charge in [0, 0.05) is 30.7 Å². The van der Waals surface area contributed by atoms with Gasteiger partial charge in [-0.1, -0.05) is 6.08 Å². The molecule has 2 aromatic rings. The van der Waals surface area contributed by atoms with Crippen LogP contribution in [-0.2, 0) is 11.2 Å². The number of carbonyl (C=O) groups is 1. The van der Waals surface area contributed by atoms with Crippen LogP contribution in [0.1, 0.15) is 5.56 Å². The standard InChI is InChI=1S/C16H18F3N3O/c1-22(2)7-3-4-13(23)20-6-5-10-9-21-16-11(10)8-12(17)14(18)15(16)19/h3-4,8-9,21H,5-7H2,1-2H3,(H,20,23)/b4-3+. The summed E-state index contributed by atoms with van der Waals surface area (Å²) in [5.41, 5.74) is 0.534. The van der Waals surface area contributed by atoms with E-state index in [1.807, 2.05) is 19.0 Å². The summed E-state index contributed by atoms with van der Waals surface area (Å²) in [6.45, 7) is 0.957. The van der Waals surface area contributed by atoms with Crippen LogP contribution in [0.3, 0.4) is 0 Å². The number of fused-ring (bicyclic) bond motifs is 1. The number of benzene rings is 1. The number of rotatable bonds is 6. The summed E-state index contributed by atoms with van der Waals surface area (Å²) in [4.78, 5) is 16.1. The van der Waals surface area contributed by atoms with E-state index in [1.54, 1.807) is 6.08 Å². The van der Waals surface area contributed by atoms with Crippen LogP contribution in [0.15, 0.2) is 24.4 Å². The Bertz CT molecular complexity index is 738. The first kappa shape index (κ1) is 17.1. The van der Waals surface area contributed by atoms with E-state index in [-0.39, 0.29) is 16.8 Å². The molecule has 0 radical (unpaired) electrons. The molecule has 1 heterocycles. The van der Waals surface area contributed by atoms with Crippen LogP contribution in [0.25, 0.3) is 10.9 Å². The lowest BCUT2D eigenvalue weighted by Crippen LogP contribution is -2.24. The highest BCUT2D eigenvalue weighted by molar-refractivity contribution is 5.87. The van der Waals surface area contributed by atoms with E-state index in [2.05, 4.69) is 10.3 Å². The summed E-state index contributed by atoms with van der Waals surface area (Å²) in [6.07, 6.45) is 5.02. The molecule has 0 aliphatic heterocycles. The second-order valence-corrected chi connectivity index (χ2v) is 5.43. The average molecular weight is 325 g/mol. The minimum Gasteiger partial charge on any atom is -0.358 e. The van der Waals surface area contributed by atoms with E-state index in [4.69, 9.17) is 0 Å². The van der Waals surface area contributed by atoms with E-state index >= 15 is 0 Å². The molecular formula is C16H18F3N3O. The first-order valence-corrected chi connectivity index (χ1v) is 7.12. The van der Waals surface area contributed by atoms with Gasteiger partial charge in [0.1, 0.15) is 0 Å². The van der Waals surface area contributed by atoms with E-state index in [9.17, 15) is 18.0 Å². The molecule has 0 spiro atoms. The number of H-pyrrole nitrogens is 1. The molecule has 1 aromatic carbocycles. The minimum absolute atomic E-state index is 0.0731. The fraction of sp³-hybridized carbons (Fsp3) is 0.312. The summed E-state index contributed by atoms with van der Waals surface area (Å²) in [5.74, 6) is -4.20. The van der Waals surface area contributed by atoms with Gasteiger partial charge in [0.15, 0.2) is 17.5 Å². The topological polar surface area (TPSA) is 48.1 Å². The van der Waals surface area contributed by atoms with Gasteiger partial charge < -0.3 is 15.2 Å². The molecular weight excluding hydrogens is 307 g/mol. The lowest BCUT2D eigenvalue weighted by atomic mass is 10.1. The van der Waals surface area contributed by atoms with Crippen LogP contribution >= 0.6 is 0 Å². The number of hydrogen-bond donors (Lipinski definition) is 2. The predicted octanol–water partition coefficient (Wildman–Crippen LogP) is 2.36. The Labute approximate surface area is 132 Å². The Kier molecular flexibility index (Phi) is 5.44. The normalized spacial score (nSPS) is 11.7. The fourth-order valence-corrected chi connectivity index (χ4v) is 2.18. The largest absolute Gasteiger partial charge is 0.358 e. The number of nitrogens with one attached hydrogen (secondary N) is 2. The van der Waals surface area contributed by atoms with Gasteiger partial charge in [-0.05, 0) is 32.1 Å². The van der Waals surface area contributed by atoms with Crippen molar-refractivity contribution in [3.05, 3.63) is 47.4 Å². The number of nitrogens with zero attached hydrogens (tertiary/aromatic N) is 1. The van der Waals surface area contributed by atoms with Crippen molar-refractivity contribution in [2.75, 3.05) is 27.2 Å². The number of hydrogen-bond acceptors (Lipinski definition) is 2. The molecule has 0 saturated heterocycles. The molecule has 0 aliphatic rings. The predicted molar refractivity (Wildman–Crippen MR) is 82.6 cm³/mol. The molecule has 124 valence electrons. The number of amides is 1. The quantitative estimate of drug-likeness (QED) is 0.633. The first-order chi connectivity index (χ1) is 10.9. The van der Waals surface area contributed by atoms with Crippen molar-refractivity contribution in [1.29, 1.82) is 0 Å². The lowest BCUT2D eigenvalue weighted by Gasteiger charge is -2.04. The summed E-state index contributed by atoms with van der Waals surface area (Å²) in [6, 6.07) is 0.957. The monoisotopic (exact) mass is 325 g/mol. The summed E-state index contributed by atoms with van der Waals surface area (Å²) in [5, 5.41) is 2.96. The highest BCUT2D eigenvalue weighted by Gasteiger charge is 2.16. The van der Waals surface area contributed by atoms with E-state index < -0.39 is 17.5 Å². The molecule has 23 heavy (non-hydrogen) atoms. The molecule has 7 heteroatoms. The Hall–Kier alpha value is -2.28. The molecule has 2 N–H and O–H groups in total. The number of carbonyl (C=O) groups excluding carboxylic acids is 1. The van der Waals surface area contributed by atoms with Gasteiger partial charge in [-0.25, -0.2) is 13.2 Å². The van der Waals surface area contributed by atoms with Crippen LogP contribution in [0.2, 0.25) is 0 Å². The van der Waals surface area contributed by atoms with Crippen LogP contribution < -0.4 is 5.32 Å². The van der Waals surface area contributed by atoms with Crippen molar-refractivity contribution in [3.63, 3.8) is 0 Å². The number of likely N-dealkylation sites (N-methyl/N-ethyl adjacent to an activating group) is 1. The summed E-state index contributed by atoms with van der Waals surface area (Å²) >= 11 is 0. The first-order valence-electron chi connectivity index (χ1n) is 7.12. The van der Waals surface area contributed by atoms with Crippen LogP contribution in [-0.4, -0.2) is 43.0 Å². The van der Waals surface area contributed by atoms with Crippen molar-refractivity contribution in [3.8, 4) is 0 Å². The molecule has 1 amide bonds. The fourth-order valence-electron chi connectivity index (χ4n) is 2.18. The molecule has 0 unspecified atom stereocenters.